The van der Waals surface area contributed by atoms with Crippen LogP contribution in [0, 0.1) is 3.95 Å². The van der Waals surface area contributed by atoms with Crippen LogP contribution in [0.1, 0.15) is 22.9 Å². The van der Waals surface area contributed by atoms with Crippen molar-refractivity contribution in [1.29, 1.82) is 0 Å². The number of para-hydroxylation sites is 1. The summed E-state index contributed by atoms with van der Waals surface area (Å²) < 4.78 is 40.6. The molecule has 1 aliphatic rings. The molecule has 142 valence electrons. The molecule has 3 nitrogen and oxygen atoms in total. The zero-order chi connectivity index (χ0) is 20.1. The van der Waals surface area contributed by atoms with Gasteiger partial charge < -0.3 is 5.11 Å². The molecule has 1 aromatic heterocycles. The first-order chi connectivity index (χ1) is 13.3. The first kappa shape index (κ1) is 18.6. The molecule has 0 unspecified atom stereocenters. The first-order valence-corrected chi connectivity index (χ1v) is 9.47. The van der Waals surface area contributed by atoms with E-state index in [0.29, 0.717) is 4.88 Å². The molecule has 0 fully saturated rings. The van der Waals surface area contributed by atoms with E-state index in [-0.39, 0.29) is 15.5 Å². The number of fused-ring (bicyclic) bond motifs is 1. The fraction of sp³-hybridized carbons (Fsp3) is 0.100. The molecule has 0 bridgehead atoms. The number of aliphatic imine (C=N–C) groups is 1. The van der Waals surface area contributed by atoms with Crippen LogP contribution in [0.15, 0.2) is 53.5 Å². The van der Waals surface area contributed by atoms with Crippen molar-refractivity contribution in [2.45, 2.75) is 13.1 Å². The van der Waals surface area contributed by atoms with E-state index in [1.54, 1.807) is 6.08 Å². The van der Waals surface area contributed by atoms with Crippen molar-refractivity contribution in [2.24, 2.45) is 4.99 Å². The number of benzene rings is 2. The molecule has 2 heterocycles. The molecule has 8 heteroatoms. The highest BCUT2D eigenvalue weighted by Gasteiger charge is 2.31. The smallest absolute Gasteiger partial charge is 0.416 e. The highest BCUT2D eigenvalue weighted by atomic mass is 32.1. The van der Waals surface area contributed by atoms with Crippen LogP contribution >= 0.6 is 23.6 Å². The maximum Gasteiger partial charge on any atom is 0.416 e. The topological polar surface area (TPSA) is 37.5 Å². The third kappa shape index (κ3) is 3.18. The summed E-state index contributed by atoms with van der Waals surface area (Å²) in [7, 11) is 0. The van der Waals surface area contributed by atoms with Gasteiger partial charge in [-0.1, -0.05) is 24.3 Å². The van der Waals surface area contributed by atoms with Crippen LogP contribution < -0.4 is 0 Å². The van der Waals surface area contributed by atoms with Crippen LogP contribution in [0.2, 0.25) is 0 Å². The Labute approximate surface area is 167 Å². The van der Waals surface area contributed by atoms with E-state index in [2.05, 4.69) is 4.99 Å². The molecule has 0 saturated carbocycles. The third-order valence-electron chi connectivity index (χ3n) is 4.39. The molecular weight excluding hydrogens is 405 g/mol. The van der Waals surface area contributed by atoms with Crippen LogP contribution in [-0.4, -0.2) is 15.4 Å². The van der Waals surface area contributed by atoms with Crippen molar-refractivity contribution >= 4 is 46.6 Å². The number of aromatic nitrogens is 1. The summed E-state index contributed by atoms with van der Waals surface area (Å²) in [6.45, 7) is 1.87. The Kier molecular flexibility index (Phi) is 4.47. The number of thiazole rings is 1. The minimum absolute atomic E-state index is 0.162. The molecule has 1 aliphatic heterocycles. The van der Waals surface area contributed by atoms with Crippen molar-refractivity contribution in [2.75, 3.05) is 0 Å². The van der Waals surface area contributed by atoms with E-state index in [9.17, 15) is 18.3 Å². The SMILES string of the molecule is CC1=Nc2ccccc2C1=Cc1sc(=S)n(-c2cccc(C(F)(F)F)c2)c1O. The lowest BCUT2D eigenvalue weighted by atomic mass is 10.0. The number of halogens is 3. The minimum Gasteiger partial charge on any atom is -0.493 e. The van der Waals surface area contributed by atoms with Gasteiger partial charge in [0.25, 0.3) is 0 Å². The Bertz CT molecular complexity index is 1200. The highest BCUT2D eigenvalue weighted by molar-refractivity contribution is 7.73. The standard InChI is InChI=1S/C20H13F3N2OS2/c1-11-15(14-7-2-3-8-16(14)24-11)10-17-18(26)25(19(27)28-17)13-6-4-5-12(9-13)20(21,22)23/h2-10,26H,1H3. The first-order valence-electron chi connectivity index (χ1n) is 8.25. The van der Waals surface area contributed by atoms with Crippen LogP contribution in [0.5, 0.6) is 5.88 Å². The molecule has 0 radical (unpaired) electrons. The maximum absolute atomic E-state index is 13.0. The second-order valence-corrected chi connectivity index (χ2v) is 7.89. The molecule has 28 heavy (non-hydrogen) atoms. The van der Waals surface area contributed by atoms with Gasteiger partial charge in [0.05, 0.1) is 21.8 Å². The summed E-state index contributed by atoms with van der Waals surface area (Å²) in [6.07, 6.45) is -2.71. The van der Waals surface area contributed by atoms with Gasteiger partial charge in [0, 0.05) is 16.8 Å². The van der Waals surface area contributed by atoms with Crippen molar-refractivity contribution in [3.05, 3.63) is 68.5 Å². The maximum atomic E-state index is 13.0. The van der Waals surface area contributed by atoms with E-state index >= 15 is 0 Å². The van der Waals surface area contributed by atoms with Gasteiger partial charge in [-0.05, 0) is 49.5 Å². The molecule has 4 rings (SSSR count). The molecule has 0 amide bonds. The number of aromatic hydroxyl groups is 1. The molecule has 0 saturated heterocycles. The molecule has 3 aromatic rings. The van der Waals surface area contributed by atoms with Crippen LogP contribution in [0.3, 0.4) is 0 Å². The molecule has 1 N–H and O–H groups in total. The lowest BCUT2D eigenvalue weighted by Crippen LogP contribution is -2.06. The Morgan fingerprint density at radius 1 is 1.14 bits per heavy atom. The molecule has 0 aliphatic carbocycles. The summed E-state index contributed by atoms with van der Waals surface area (Å²) in [5.41, 5.74) is 2.78. The van der Waals surface area contributed by atoms with Gasteiger partial charge in [-0.3, -0.25) is 9.56 Å². The largest absolute Gasteiger partial charge is 0.493 e. The predicted octanol–water partition coefficient (Wildman–Crippen LogP) is 6.64. The number of hydrogen-bond donors (Lipinski definition) is 1. The number of rotatable bonds is 2. The molecule has 0 spiro atoms. The van der Waals surface area contributed by atoms with Crippen molar-refractivity contribution in [3.8, 4) is 11.6 Å². The highest BCUT2D eigenvalue weighted by Crippen LogP contribution is 2.39. The zero-order valence-electron chi connectivity index (χ0n) is 14.5. The lowest BCUT2D eigenvalue weighted by molar-refractivity contribution is -0.137. The van der Waals surface area contributed by atoms with Crippen LogP contribution in [-0.2, 0) is 6.18 Å². The Morgan fingerprint density at radius 2 is 1.89 bits per heavy atom. The quantitative estimate of drug-likeness (QED) is 0.474. The normalized spacial score (nSPS) is 15.0. The second-order valence-electron chi connectivity index (χ2n) is 6.21. The second kappa shape index (κ2) is 6.72. The van der Waals surface area contributed by atoms with Gasteiger partial charge >= 0.3 is 6.18 Å². The average Bonchev–Trinajstić information content (AvgIpc) is 3.11. The molecule has 2 aromatic carbocycles. The van der Waals surface area contributed by atoms with E-state index in [1.807, 2.05) is 31.2 Å². The van der Waals surface area contributed by atoms with Crippen LogP contribution in [0.25, 0.3) is 17.3 Å². The Balaban J connectivity index is 1.82. The zero-order valence-corrected chi connectivity index (χ0v) is 16.1. The van der Waals surface area contributed by atoms with E-state index in [4.69, 9.17) is 12.2 Å². The average molecular weight is 418 g/mol. The van der Waals surface area contributed by atoms with Gasteiger partial charge in [0.15, 0.2) is 3.95 Å². The predicted molar refractivity (Wildman–Crippen MR) is 108 cm³/mol. The Morgan fingerprint density at radius 3 is 2.64 bits per heavy atom. The summed E-state index contributed by atoms with van der Waals surface area (Å²) in [5, 5.41) is 10.7. The Hall–Kier alpha value is -2.71. The number of alkyl halides is 3. The van der Waals surface area contributed by atoms with Gasteiger partial charge in [-0.2, -0.15) is 13.2 Å². The lowest BCUT2D eigenvalue weighted by Gasteiger charge is -2.10. The van der Waals surface area contributed by atoms with Gasteiger partial charge in [-0.25, -0.2) is 0 Å². The van der Waals surface area contributed by atoms with E-state index < -0.39 is 11.7 Å². The van der Waals surface area contributed by atoms with Crippen molar-refractivity contribution < 1.29 is 18.3 Å². The minimum atomic E-state index is -4.48. The summed E-state index contributed by atoms with van der Waals surface area (Å²) in [5.74, 6) is -0.195. The monoisotopic (exact) mass is 418 g/mol. The fourth-order valence-electron chi connectivity index (χ4n) is 3.07. The molecule has 0 atom stereocenters. The third-order valence-corrected chi connectivity index (χ3v) is 5.70. The van der Waals surface area contributed by atoms with E-state index in [0.717, 1.165) is 46.0 Å². The summed E-state index contributed by atoms with van der Waals surface area (Å²) >= 11 is 6.44. The summed E-state index contributed by atoms with van der Waals surface area (Å²) in [4.78, 5) is 4.96. The summed E-state index contributed by atoms with van der Waals surface area (Å²) in [6, 6.07) is 12.3. The number of nitrogens with zero attached hydrogens (tertiary/aromatic N) is 2. The van der Waals surface area contributed by atoms with E-state index in [1.165, 1.54) is 16.7 Å². The van der Waals surface area contributed by atoms with Gasteiger partial charge in [-0.15, -0.1) is 11.3 Å². The van der Waals surface area contributed by atoms with Crippen LogP contribution in [0.4, 0.5) is 18.9 Å². The number of hydrogen-bond acceptors (Lipinski definition) is 4. The molecular formula is C20H13F3N2OS2. The fourth-order valence-corrected chi connectivity index (χ4v) is 4.36. The van der Waals surface area contributed by atoms with Crippen molar-refractivity contribution in [1.82, 2.24) is 4.57 Å². The van der Waals surface area contributed by atoms with Gasteiger partial charge in [0.2, 0.25) is 5.88 Å². The van der Waals surface area contributed by atoms with Crippen molar-refractivity contribution in [3.63, 3.8) is 0 Å². The number of allylic oxidation sites excluding steroid dienone is 1. The van der Waals surface area contributed by atoms with Gasteiger partial charge in [0.1, 0.15) is 0 Å².